The third kappa shape index (κ3) is 14.4. The summed E-state index contributed by atoms with van der Waals surface area (Å²) in [7, 11) is 0. The number of hydrogen-bond acceptors (Lipinski definition) is 11. The molecule has 19 nitrogen and oxygen atoms in total. The minimum atomic E-state index is -1.03. The van der Waals surface area contributed by atoms with E-state index in [0.29, 0.717) is 42.0 Å². The molecule has 0 saturated carbocycles. The first-order valence-corrected chi connectivity index (χ1v) is 23.2. The number of alkyl carbamates (subject to hydrolysis) is 1. The van der Waals surface area contributed by atoms with E-state index in [4.69, 9.17) is 32.7 Å². The molecule has 1 unspecified atom stereocenters. The number of aryl methyl sites for hydroxylation is 1. The first kappa shape index (κ1) is 51.7. The number of benzene rings is 3. The Bertz CT molecular complexity index is 2540. The topological polar surface area (TPSA) is 302 Å². The summed E-state index contributed by atoms with van der Waals surface area (Å²) in [6.07, 6.45) is 3.38. The van der Waals surface area contributed by atoms with Crippen LogP contribution in [0.15, 0.2) is 77.8 Å². The Labute approximate surface area is 397 Å². The minimum Gasteiger partial charge on any atom is -0.445 e. The smallest absolute Gasteiger partial charge is 0.407 e. The summed E-state index contributed by atoms with van der Waals surface area (Å²) < 4.78 is 7.72. The number of imidazole rings is 1. The van der Waals surface area contributed by atoms with Gasteiger partial charge in [0, 0.05) is 37.1 Å². The number of nitrogens with one attached hydrogen (secondary N) is 5. The van der Waals surface area contributed by atoms with Gasteiger partial charge in [-0.05, 0) is 66.0 Å². The Morgan fingerprint density at radius 2 is 1.47 bits per heavy atom. The molecule has 0 saturated heterocycles. The van der Waals surface area contributed by atoms with Crippen molar-refractivity contribution < 1.29 is 28.7 Å². The summed E-state index contributed by atoms with van der Waals surface area (Å²) in [6.45, 7) is 10.1. The van der Waals surface area contributed by atoms with Crippen molar-refractivity contribution in [3.63, 3.8) is 0 Å². The highest BCUT2D eigenvalue weighted by Gasteiger charge is 2.33. The van der Waals surface area contributed by atoms with Gasteiger partial charge in [-0.25, -0.2) is 14.8 Å². The second kappa shape index (κ2) is 25.0. The molecule has 0 radical (unpaired) electrons. The van der Waals surface area contributed by atoms with Crippen molar-refractivity contribution in [3.05, 3.63) is 95.3 Å². The van der Waals surface area contributed by atoms with Crippen molar-refractivity contribution in [2.75, 3.05) is 24.1 Å². The van der Waals surface area contributed by atoms with E-state index < -0.39 is 47.8 Å². The quantitative estimate of drug-likeness (QED) is 0.0240. The molecule has 2 aromatic heterocycles. The molecule has 4 atom stereocenters. The van der Waals surface area contributed by atoms with E-state index in [-0.39, 0.29) is 50.5 Å². The van der Waals surface area contributed by atoms with Gasteiger partial charge >= 0.3 is 6.09 Å². The molecule has 5 aromatic rings. The van der Waals surface area contributed by atoms with Crippen LogP contribution in [0.3, 0.4) is 0 Å². The van der Waals surface area contributed by atoms with Crippen molar-refractivity contribution >= 4 is 69.1 Å². The normalized spacial score (nSPS) is 13.0. The lowest BCUT2D eigenvalue weighted by atomic mass is 9.96. The molecule has 0 aliphatic rings. The third-order valence-corrected chi connectivity index (χ3v) is 11.7. The number of anilines is 2. The lowest BCUT2D eigenvalue weighted by Crippen LogP contribution is -2.59. The summed E-state index contributed by atoms with van der Waals surface area (Å²) in [5, 5.41) is 14.8. The van der Waals surface area contributed by atoms with Crippen molar-refractivity contribution in [2.45, 2.75) is 111 Å². The van der Waals surface area contributed by atoms with E-state index >= 15 is 0 Å². The fourth-order valence-electron chi connectivity index (χ4n) is 7.58. The van der Waals surface area contributed by atoms with Gasteiger partial charge in [-0.2, -0.15) is 0 Å². The molecular weight excluding hydrogens is 867 g/mol. The number of para-hydroxylation sites is 1. The van der Waals surface area contributed by atoms with E-state index in [2.05, 4.69) is 48.1 Å². The predicted molar refractivity (Wildman–Crippen MR) is 265 cm³/mol. The van der Waals surface area contributed by atoms with Crippen LogP contribution in [-0.2, 0) is 50.0 Å². The van der Waals surface area contributed by atoms with Gasteiger partial charge in [0.25, 0.3) is 0 Å². The van der Waals surface area contributed by atoms with E-state index in [1.165, 1.54) is 0 Å². The van der Waals surface area contributed by atoms with E-state index in [9.17, 15) is 24.0 Å². The van der Waals surface area contributed by atoms with Crippen LogP contribution in [0, 0.1) is 11.8 Å². The van der Waals surface area contributed by atoms with Crippen LogP contribution < -0.4 is 49.5 Å². The molecule has 5 rings (SSSR count). The number of ether oxygens (including phenoxy) is 1. The maximum atomic E-state index is 13.7. The third-order valence-electron chi connectivity index (χ3n) is 11.7. The number of aliphatic imine (C=N–C) groups is 1. The number of nitrogens with zero attached hydrogens (tertiary/aromatic N) is 4. The predicted octanol–water partition coefficient (Wildman–Crippen LogP) is 4.09. The number of nitrogens with two attached hydrogens (primary N) is 4. The van der Waals surface area contributed by atoms with Crippen molar-refractivity contribution in [1.82, 2.24) is 35.8 Å². The van der Waals surface area contributed by atoms with E-state index in [1.807, 2.05) is 62.4 Å². The largest absolute Gasteiger partial charge is 0.445 e. The molecule has 0 aliphatic heterocycles. The van der Waals surface area contributed by atoms with Gasteiger partial charge in [0.2, 0.25) is 23.6 Å². The van der Waals surface area contributed by atoms with Crippen LogP contribution in [0.2, 0.25) is 0 Å². The number of carbonyl (C=O) groups excluding carboxylic acids is 5. The highest BCUT2D eigenvalue weighted by atomic mass is 16.5. The standard InChI is InChI=1S/C49H67N13O6/c1-6-8-15-38-59-42-43(35-12-9-10-13-36(35)57-44(42)51)62(38)27-32-18-16-31(17-19-32)26-55-49(67)68-28-33-20-22-34(23-21-33)56-45(64)37(14-11-24-54-48(52)53)58-46(65)40(29(3)4)61-47(66)41(30(5)7-2)60-39(63)25-50/h9-10,12-13,16-23,29-30,37,40-41H,6-8,11,14-15,24-28,50H2,1-5H3,(H2,51,57)(H,55,67)(H,56,64)(H,58,65)(H,60,63)(H,61,66)(H4,52,53,54)/t30?,37-,40-,41+/m0/s1. The first-order valence-electron chi connectivity index (χ1n) is 23.2. The van der Waals surface area contributed by atoms with Crippen molar-refractivity contribution in [2.24, 2.45) is 34.0 Å². The highest BCUT2D eigenvalue weighted by Crippen LogP contribution is 2.30. The van der Waals surface area contributed by atoms with Gasteiger partial charge in [-0.3, -0.25) is 24.2 Å². The van der Waals surface area contributed by atoms with Gasteiger partial charge in [0.05, 0.1) is 17.6 Å². The average molecular weight is 934 g/mol. The molecular formula is C49H67N13O6. The molecule has 0 bridgehead atoms. The Hall–Kier alpha value is -7.28. The number of rotatable bonds is 24. The van der Waals surface area contributed by atoms with Crippen molar-refractivity contribution in [3.8, 4) is 0 Å². The number of pyridine rings is 1. The Morgan fingerprint density at radius 3 is 2.13 bits per heavy atom. The number of guanidine groups is 1. The van der Waals surface area contributed by atoms with Crippen LogP contribution in [0.25, 0.3) is 21.9 Å². The maximum Gasteiger partial charge on any atom is 0.407 e. The van der Waals surface area contributed by atoms with E-state index in [1.54, 1.807) is 38.1 Å². The van der Waals surface area contributed by atoms with Crippen LogP contribution in [0.5, 0.6) is 0 Å². The van der Waals surface area contributed by atoms with Crippen molar-refractivity contribution in [1.29, 1.82) is 0 Å². The summed E-state index contributed by atoms with van der Waals surface area (Å²) >= 11 is 0. The molecule has 3 aromatic carbocycles. The molecule has 68 heavy (non-hydrogen) atoms. The highest BCUT2D eigenvalue weighted by molar-refractivity contribution is 6.06. The molecule has 0 fully saturated rings. The zero-order valence-electron chi connectivity index (χ0n) is 39.6. The number of aromatic nitrogens is 3. The van der Waals surface area contributed by atoms with Crippen LogP contribution in [0.1, 0.15) is 89.2 Å². The van der Waals surface area contributed by atoms with Crippen LogP contribution >= 0.6 is 0 Å². The minimum absolute atomic E-state index is 0.0213. The monoisotopic (exact) mass is 934 g/mol. The van der Waals surface area contributed by atoms with Crippen LogP contribution in [0.4, 0.5) is 16.3 Å². The number of fused-ring (bicyclic) bond motifs is 3. The second-order valence-electron chi connectivity index (χ2n) is 17.2. The fourth-order valence-corrected chi connectivity index (χ4v) is 7.58. The molecule has 2 heterocycles. The Kier molecular flexibility index (Phi) is 19.0. The molecule has 364 valence electrons. The number of amides is 5. The van der Waals surface area contributed by atoms with Crippen LogP contribution in [-0.4, -0.2) is 81.4 Å². The summed E-state index contributed by atoms with van der Waals surface area (Å²) in [4.78, 5) is 79.1. The first-order chi connectivity index (χ1) is 32.6. The molecule has 13 N–H and O–H groups in total. The SMILES string of the molecule is CCCCc1nc2c(N)nc3ccccc3c2n1Cc1ccc(CNC(=O)OCc2ccc(NC(=O)[C@H](CCCN=C(N)N)NC(=O)[C@@H](NC(=O)[C@H](NC(=O)CN)C(C)CC)C(C)C)cc2)cc1. The molecule has 5 amide bonds. The van der Waals surface area contributed by atoms with Gasteiger partial charge in [0.15, 0.2) is 11.8 Å². The Morgan fingerprint density at radius 1 is 0.794 bits per heavy atom. The fraction of sp³-hybridized carbons (Fsp3) is 0.429. The maximum absolute atomic E-state index is 13.7. The lowest BCUT2D eigenvalue weighted by Gasteiger charge is -2.29. The summed E-state index contributed by atoms with van der Waals surface area (Å²) in [6, 6.07) is 19.7. The molecule has 19 heteroatoms. The lowest BCUT2D eigenvalue weighted by molar-refractivity contribution is -0.134. The average Bonchev–Trinajstić information content (AvgIpc) is 3.69. The van der Waals surface area contributed by atoms with Gasteiger partial charge < -0.3 is 58.8 Å². The van der Waals surface area contributed by atoms with E-state index in [0.717, 1.165) is 52.6 Å². The number of nitrogen functional groups attached to an aromatic ring is 1. The number of unbranched alkanes of at least 4 members (excludes halogenated alkanes) is 1. The van der Waals surface area contributed by atoms with Gasteiger partial charge in [-0.15, -0.1) is 0 Å². The zero-order valence-corrected chi connectivity index (χ0v) is 39.6. The second-order valence-corrected chi connectivity index (χ2v) is 17.2. The Balaban J connectivity index is 1.15. The molecule has 0 spiro atoms. The summed E-state index contributed by atoms with van der Waals surface area (Å²) in [5.41, 5.74) is 28.4. The molecule has 0 aliphatic carbocycles. The van der Waals surface area contributed by atoms with Gasteiger partial charge in [0.1, 0.15) is 36.1 Å². The number of hydrogen-bond donors (Lipinski definition) is 9. The van der Waals surface area contributed by atoms with Gasteiger partial charge in [-0.1, -0.05) is 102 Å². The summed E-state index contributed by atoms with van der Waals surface area (Å²) in [5.74, 6) is -1.47. The zero-order chi connectivity index (χ0) is 49.3. The number of carbonyl (C=O) groups is 5.